The maximum atomic E-state index is 13.7. The molecule has 0 saturated carbocycles. The lowest BCUT2D eigenvalue weighted by Crippen LogP contribution is -2.31. The van der Waals surface area contributed by atoms with Gasteiger partial charge in [0.2, 0.25) is 0 Å². The van der Waals surface area contributed by atoms with Crippen LogP contribution in [0.15, 0.2) is 94.7 Å². The summed E-state index contributed by atoms with van der Waals surface area (Å²) in [5.74, 6) is 1.03. The number of methoxy groups -OCH3 is 1. The number of hydrogen-bond acceptors (Lipinski definition) is 6. The number of ketones is 1. The lowest BCUT2D eigenvalue weighted by molar-refractivity contribution is -0.123. The third-order valence-corrected chi connectivity index (χ3v) is 6.26. The third kappa shape index (κ3) is 4.40. The Kier molecular flexibility index (Phi) is 6.29. The van der Waals surface area contributed by atoms with Crippen LogP contribution < -0.4 is 4.74 Å². The van der Waals surface area contributed by atoms with Crippen molar-refractivity contribution in [2.75, 3.05) is 7.11 Å². The van der Waals surface area contributed by atoms with Crippen molar-refractivity contribution in [1.29, 1.82) is 0 Å². The number of Topliss-reactive ketones (excluding diaryl/α,β-unsaturated/α-hetero) is 1. The number of carbonyl (C=O) groups excluding carboxylic acids is 1. The summed E-state index contributed by atoms with van der Waals surface area (Å²) in [6.07, 6.45) is 9.37. The molecule has 1 atom stereocenters. The predicted molar refractivity (Wildman–Crippen MR) is 136 cm³/mol. The molecule has 4 aromatic rings. The number of benzene rings is 2. The number of carbonyl (C=O) groups is 1. The number of aromatic nitrogens is 2. The monoisotopic (exact) mass is 483 g/mol. The molecular weight excluding hydrogens is 462 g/mol. The topological polar surface area (TPSA) is 77.6 Å². The zero-order valence-electron chi connectivity index (χ0n) is 19.0. The molecule has 35 heavy (non-hydrogen) atoms. The van der Waals surface area contributed by atoms with Crippen molar-refractivity contribution < 1.29 is 14.1 Å². The van der Waals surface area contributed by atoms with Crippen LogP contribution in [0.5, 0.6) is 5.75 Å². The number of pyridine rings is 1. The molecule has 2 aromatic carbocycles. The minimum absolute atomic E-state index is 0.0878. The highest BCUT2D eigenvalue weighted by Crippen LogP contribution is 2.44. The molecule has 0 spiro atoms. The molecule has 174 valence electrons. The van der Waals surface area contributed by atoms with Gasteiger partial charge in [-0.3, -0.25) is 14.8 Å². The van der Waals surface area contributed by atoms with E-state index in [9.17, 15) is 4.79 Å². The van der Waals surface area contributed by atoms with Crippen LogP contribution in [0.4, 0.5) is 0 Å². The number of nitrogens with zero attached hydrogens (tertiary/aromatic N) is 3. The maximum absolute atomic E-state index is 13.7. The maximum Gasteiger partial charge on any atom is 0.198 e. The Balaban J connectivity index is 1.58. The zero-order valence-corrected chi connectivity index (χ0v) is 19.8. The Bertz CT molecular complexity index is 1400. The van der Waals surface area contributed by atoms with E-state index in [4.69, 9.17) is 20.9 Å². The van der Waals surface area contributed by atoms with E-state index in [1.807, 2.05) is 60.7 Å². The van der Waals surface area contributed by atoms with E-state index < -0.39 is 5.54 Å². The van der Waals surface area contributed by atoms with E-state index in [0.29, 0.717) is 28.5 Å². The van der Waals surface area contributed by atoms with Crippen LogP contribution in [-0.2, 0) is 16.8 Å². The Labute approximate surface area is 207 Å². The van der Waals surface area contributed by atoms with Crippen molar-refractivity contribution in [2.24, 2.45) is 4.99 Å². The van der Waals surface area contributed by atoms with Gasteiger partial charge in [0.25, 0.3) is 0 Å². The number of aliphatic imine (C=N–C) groups is 1. The Hall–Kier alpha value is -4.03. The first-order valence-corrected chi connectivity index (χ1v) is 11.5. The normalized spacial score (nSPS) is 16.5. The molecule has 0 N–H and O–H groups in total. The first kappa shape index (κ1) is 22.7. The molecule has 3 heterocycles. The van der Waals surface area contributed by atoms with Gasteiger partial charge in [-0.15, -0.1) is 0 Å². The van der Waals surface area contributed by atoms with Crippen molar-refractivity contribution in [3.05, 3.63) is 102 Å². The van der Waals surface area contributed by atoms with Gasteiger partial charge in [0.15, 0.2) is 17.1 Å². The van der Waals surface area contributed by atoms with E-state index in [2.05, 4.69) is 15.1 Å². The summed E-state index contributed by atoms with van der Waals surface area (Å²) in [5, 5.41) is 5.05. The molecule has 0 radical (unpaired) electrons. The van der Waals surface area contributed by atoms with Crippen LogP contribution in [0.3, 0.4) is 0 Å². The number of ether oxygens (including phenoxy) is 1. The van der Waals surface area contributed by atoms with Crippen molar-refractivity contribution >= 4 is 23.6 Å². The van der Waals surface area contributed by atoms with Gasteiger partial charge < -0.3 is 9.26 Å². The molecule has 2 aromatic heterocycles. The van der Waals surface area contributed by atoms with Gasteiger partial charge in [0, 0.05) is 35.6 Å². The smallest absolute Gasteiger partial charge is 0.198 e. The van der Waals surface area contributed by atoms with Crippen molar-refractivity contribution in [2.45, 2.75) is 18.4 Å². The molecule has 0 amide bonds. The minimum Gasteiger partial charge on any atom is -0.497 e. The summed E-state index contributed by atoms with van der Waals surface area (Å²) in [6.45, 7) is 0. The van der Waals surface area contributed by atoms with Crippen LogP contribution in [0.2, 0.25) is 5.02 Å². The number of hydrogen-bond donors (Lipinski definition) is 0. The Morgan fingerprint density at radius 2 is 1.86 bits per heavy atom. The first-order chi connectivity index (χ1) is 17.1. The number of allylic oxidation sites excluding steroid dienone is 1. The van der Waals surface area contributed by atoms with Gasteiger partial charge in [-0.2, -0.15) is 0 Å². The average Bonchev–Trinajstić information content (AvgIpc) is 3.56. The van der Waals surface area contributed by atoms with Gasteiger partial charge in [0.05, 0.1) is 12.7 Å². The lowest BCUT2D eigenvalue weighted by atomic mass is 9.84. The SMILES string of the molecule is COc1ccc(-c2noc(C3(C(=O)CCc4cccc(Cl)c4)C=CC=N3)c2-c2ccncc2)cc1. The second-order valence-corrected chi connectivity index (χ2v) is 8.59. The predicted octanol–water partition coefficient (Wildman–Crippen LogP) is 6.10. The fourth-order valence-corrected chi connectivity index (χ4v) is 4.45. The molecule has 6 nitrogen and oxygen atoms in total. The highest BCUT2D eigenvalue weighted by Gasteiger charge is 2.44. The van der Waals surface area contributed by atoms with Crippen molar-refractivity contribution in [3.63, 3.8) is 0 Å². The van der Waals surface area contributed by atoms with Gasteiger partial charge in [-0.1, -0.05) is 28.9 Å². The summed E-state index contributed by atoms with van der Waals surface area (Å²) < 4.78 is 11.2. The number of halogens is 1. The highest BCUT2D eigenvalue weighted by molar-refractivity contribution is 6.30. The van der Waals surface area contributed by atoms with Crippen LogP contribution >= 0.6 is 11.6 Å². The van der Waals surface area contributed by atoms with E-state index >= 15 is 0 Å². The van der Waals surface area contributed by atoms with E-state index in [1.165, 1.54) is 0 Å². The molecule has 1 unspecified atom stereocenters. The summed E-state index contributed by atoms with van der Waals surface area (Å²) in [5.41, 5.74) is 2.68. The van der Waals surface area contributed by atoms with Crippen LogP contribution in [0.25, 0.3) is 22.4 Å². The average molecular weight is 484 g/mol. The molecule has 0 bridgehead atoms. The van der Waals surface area contributed by atoms with Crippen molar-refractivity contribution in [1.82, 2.24) is 10.1 Å². The van der Waals surface area contributed by atoms with Gasteiger partial charge in [-0.25, -0.2) is 0 Å². The molecule has 0 saturated heterocycles. The minimum atomic E-state index is -1.30. The summed E-state index contributed by atoms with van der Waals surface area (Å²) in [6, 6.07) is 18.8. The van der Waals surface area contributed by atoms with E-state index in [1.54, 1.807) is 37.9 Å². The van der Waals surface area contributed by atoms with E-state index in [-0.39, 0.29) is 12.2 Å². The largest absolute Gasteiger partial charge is 0.497 e. The molecule has 0 aliphatic carbocycles. The summed E-state index contributed by atoms with van der Waals surface area (Å²) >= 11 is 6.12. The number of rotatable bonds is 8. The third-order valence-electron chi connectivity index (χ3n) is 6.03. The summed E-state index contributed by atoms with van der Waals surface area (Å²) in [4.78, 5) is 22.5. The molecule has 0 fully saturated rings. The van der Waals surface area contributed by atoms with E-state index in [0.717, 1.165) is 22.4 Å². The van der Waals surface area contributed by atoms with Gasteiger partial charge in [0.1, 0.15) is 11.4 Å². The Morgan fingerprint density at radius 1 is 1.06 bits per heavy atom. The summed E-state index contributed by atoms with van der Waals surface area (Å²) in [7, 11) is 1.62. The van der Waals surface area contributed by atoms with Crippen molar-refractivity contribution in [3.8, 4) is 28.1 Å². The quantitative estimate of drug-likeness (QED) is 0.302. The lowest BCUT2D eigenvalue weighted by Gasteiger charge is -2.21. The van der Waals surface area contributed by atoms with Crippen LogP contribution in [0.1, 0.15) is 17.7 Å². The molecular formula is C28H22ClN3O3. The fraction of sp³-hybridized carbons (Fsp3) is 0.143. The molecule has 1 aliphatic rings. The molecule has 7 heteroatoms. The fourth-order valence-electron chi connectivity index (χ4n) is 4.24. The van der Waals surface area contributed by atoms with Gasteiger partial charge >= 0.3 is 0 Å². The molecule has 1 aliphatic heterocycles. The Morgan fingerprint density at radius 3 is 2.54 bits per heavy atom. The standard InChI is InChI=1S/C28H22ClN3O3/c1-34-23-9-7-21(8-10-23)26-25(20-12-16-30-17-13-20)27(35-32-26)28(14-3-15-31-28)24(33)11-6-19-4-2-5-22(29)18-19/h2-5,7-10,12-18H,6,11H2,1H3. The van der Waals surface area contributed by atoms with Crippen LogP contribution in [0, 0.1) is 0 Å². The zero-order chi connectivity index (χ0) is 24.3. The first-order valence-electron chi connectivity index (χ1n) is 11.2. The molecule has 5 rings (SSSR count). The van der Waals surface area contributed by atoms with Gasteiger partial charge in [-0.05, 0) is 78.2 Å². The number of aryl methyl sites for hydroxylation is 1. The van der Waals surface area contributed by atoms with Crippen LogP contribution in [-0.4, -0.2) is 29.2 Å². The second kappa shape index (κ2) is 9.68. The highest BCUT2D eigenvalue weighted by atomic mass is 35.5. The second-order valence-electron chi connectivity index (χ2n) is 8.16.